The molecule has 2 aliphatic heterocycles. The number of fused-ring (bicyclic) bond motifs is 1. The molecule has 2 saturated heterocycles. The molecule has 0 aromatic heterocycles. The van der Waals surface area contributed by atoms with Crippen LogP contribution in [-0.2, 0) is 19.1 Å². The monoisotopic (exact) mass is 311 g/mol. The number of carbonyl (C=O) groups is 2. The summed E-state index contributed by atoms with van der Waals surface area (Å²) in [5, 5.41) is 9.53. The van der Waals surface area contributed by atoms with Gasteiger partial charge in [0.05, 0.1) is 31.2 Å². The zero-order valence-corrected chi connectivity index (χ0v) is 13.0. The molecule has 3 atom stereocenters. The molecular weight excluding hydrogens is 286 g/mol. The van der Waals surface area contributed by atoms with Crippen molar-refractivity contribution in [3.63, 3.8) is 0 Å². The minimum absolute atomic E-state index is 0.0161. The van der Waals surface area contributed by atoms with Crippen LogP contribution < -0.4 is 0 Å². The minimum Gasteiger partial charge on any atom is -0.481 e. The Morgan fingerprint density at radius 2 is 2.18 bits per heavy atom. The first-order chi connectivity index (χ1) is 10.6. The van der Waals surface area contributed by atoms with Crippen molar-refractivity contribution in [2.24, 2.45) is 11.3 Å². The van der Waals surface area contributed by atoms with Crippen LogP contribution in [0.1, 0.15) is 38.5 Å². The summed E-state index contributed by atoms with van der Waals surface area (Å²) in [6, 6.07) is 0. The van der Waals surface area contributed by atoms with Gasteiger partial charge < -0.3 is 19.5 Å². The van der Waals surface area contributed by atoms with E-state index in [1.54, 1.807) is 4.90 Å². The molecular formula is C16H25NO5. The lowest BCUT2D eigenvalue weighted by Gasteiger charge is -2.23. The Kier molecular flexibility index (Phi) is 4.68. The second-order valence-electron chi connectivity index (χ2n) is 6.78. The highest BCUT2D eigenvalue weighted by Crippen LogP contribution is 2.48. The van der Waals surface area contributed by atoms with Crippen LogP contribution >= 0.6 is 0 Å². The first-order valence-corrected chi connectivity index (χ1v) is 8.32. The van der Waals surface area contributed by atoms with Crippen LogP contribution in [0.3, 0.4) is 0 Å². The van der Waals surface area contributed by atoms with Gasteiger partial charge in [0.1, 0.15) is 0 Å². The largest absolute Gasteiger partial charge is 0.481 e. The summed E-state index contributed by atoms with van der Waals surface area (Å²) in [6.07, 6.45) is 5.20. The second-order valence-corrected chi connectivity index (χ2v) is 6.78. The third-order valence-electron chi connectivity index (χ3n) is 5.44. The highest BCUT2D eigenvalue weighted by molar-refractivity contribution is 5.81. The summed E-state index contributed by atoms with van der Waals surface area (Å²) < 4.78 is 11.0. The molecule has 0 radical (unpaired) electrons. The van der Waals surface area contributed by atoms with Gasteiger partial charge in [0.15, 0.2) is 0 Å². The maximum Gasteiger partial charge on any atom is 0.311 e. The molecule has 0 spiro atoms. The Bertz CT molecular complexity index is 434. The Morgan fingerprint density at radius 1 is 1.32 bits per heavy atom. The number of rotatable bonds is 6. The van der Waals surface area contributed by atoms with E-state index < -0.39 is 11.4 Å². The van der Waals surface area contributed by atoms with Gasteiger partial charge in [-0.15, -0.1) is 0 Å². The van der Waals surface area contributed by atoms with E-state index in [2.05, 4.69) is 0 Å². The molecule has 6 nitrogen and oxygen atoms in total. The van der Waals surface area contributed by atoms with Gasteiger partial charge >= 0.3 is 5.97 Å². The van der Waals surface area contributed by atoms with Gasteiger partial charge in [-0.2, -0.15) is 0 Å². The Labute approximate surface area is 130 Å². The summed E-state index contributed by atoms with van der Waals surface area (Å²) >= 11 is 0. The highest BCUT2D eigenvalue weighted by Gasteiger charge is 2.55. The summed E-state index contributed by atoms with van der Waals surface area (Å²) in [4.78, 5) is 25.6. The first-order valence-electron chi connectivity index (χ1n) is 8.32. The van der Waals surface area contributed by atoms with Crippen molar-refractivity contribution < 1.29 is 24.2 Å². The van der Waals surface area contributed by atoms with E-state index in [4.69, 9.17) is 9.47 Å². The fourth-order valence-electron chi connectivity index (χ4n) is 4.14. The maximum absolute atomic E-state index is 12.3. The van der Waals surface area contributed by atoms with Crippen LogP contribution in [0.15, 0.2) is 0 Å². The molecule has 3 fully saturated rings. The van der Waals surface area contributed by atoms with Crippen molar-refractivity contribution in [1.29, 1.82) is 0 Å². The average Bonchev–Trinajstić information content (AvgIpc) is 3.17. The molecule has 1 aliphatic carbocycles. The number of likely N-dealkylation sites (tertiary alicyclic amines) is 1. The molecule has 1 N–H and O–H groups in total. The maximum atomic E-state index is 12.3. The quantitative estimate of drug-likeness (QED) is 0.748. The number of ether oxygens (including phenoxy) is 2. The van der Waals surface area contributed by atoms with Crippen molar-refractivity contribution in [3.05, 3.63) is 0 Å². The summed E-state index contributed by atoms with van der Waals surface area (Å²) in [5.41, 5.74) is -0.686. The Hall–Kier alpha value is -1.14. The molecule has 1 amide bonds. The predicted octanol–water partition coefficient (Wildman–Crippen LogP) is 1.29. The van der Waals surface area contributed by atoms with Crippen LogP contribution in [0.2, 0.25) is 0 Å². The summed E-state index contributed by atoms with van der Waals surface area (Å²) in [6.45, 7) is 2.71. The third kappa shape index (κ3) is 2.99. The van der Waals surface area contributed by atoms with Gasteiger partial charge in [0.25, 0.3) is 0 Å². The number of aliphatic carboxylic acids is 1. The SMILES string of the molecule is O=C(CCOCC1CCCO1)N1C[C@@H]2CCC[C@@]2(C(=O)O)C1. The summed E-state index contributed by atoms with van der Waals surface area (Å²) in [5.74, 6) is -0.593. The molecule has 0 bridgehead atoms. The van der Waals surface area contributed by atoms with Crippen molar-refractivity contribution in [2.45, 2.75) is 44.6 Å². The number of amides is 1. The average molecular weight is 311 g/mol. The number of hydrogen-bond acceptors (Lipinski definition) is 4. The molecule has 6 heteroatoms. The topological polar surface area (TPSA) is 76.1 Å². The smallest absolute Gasteiger partial charge is 0.311 e. The van der Waals surface area contributed by atoms with Crippen LogP contribution in [0.4, 0.5) is 0 Å². The molecule has 22 heavy (non-hydrogen) atoms. The Morgan fingerprint density at radius 3 is 2.86 bits per heavy atom. The van der Waals surface area contributed by atoms with E-state index in [1.165, 1.54) is 0 Å². The van der Waals surface area contributed by atoms with Crippen molar-refractivity contribution >= 4 is 11.9 Å². The standard InChI is InChI=1S/C16H25NO5/c18-14(5-8-21-10-13-4-2-7-22-13)17-9-12-3-1-6-16(12,11-17)15(19)20/h12-13H,1-11H2,(H,19,20)/t12-,13?,16+/m0/s1. The van der Waals surface area contributed by atoms with Gasteiger partial charge in [-0.05, 0) is 31.6 Å². The minimum atomic E-state index is -0.736. The zero-order valence-electron chi connectivity index (χ0n) is 13.0. The molecule has 3 rings (SSSR count). The zero-order chi connectivity index (χ0) is 15.6. The van der Waals surface area contributed by atoms with E-state index in [9.17, 15) is 14.7 Å². The molecule has 1 unspecified atom stereocenters. The fraction of sp³-hybridized carbons (Fsp3) is 0.875. The van der Waals surface area contributed by atoms with Crippen LogP contribution in [0, 0.1) is 11.3 Å². The van der Waals surface area contributed by atoms with E-state index in [1.807, 2.05) is 0 Å². The van der Waals surface area contributed by atoms with Gasteiger partial charge in [-0.1, -0.05) is 6.42 Å². The number of nitrogens with zero attached hydrogens (tertiary/aromatic N) is 1. The fourth-order valence-corrected chi connectivity index (χ4v) is 4.14. The van der Waals surface area contributed by atoms with Gasteiger partial charge in [0.2, 0.25) is 5.91 Å². The number of carboxylic acid groups (broad SMARTS) is 1. The predicted molar refractivity (Wildman–Crippen MR) is 78.4 cm³/mol. The lowest BCUT2D eigenvalue weighted by atomic mass is 9.81. The van der Waals surface area contributed by atoms with Gasteiger partial charge in [-0.25, -0.2) is 0 Å². The number of hydrogen-bond donors (Lipinski definition) is 1. The van der Waals surface area contributed by atoms with Crippen LogP contribution in [0.5, 0.6) is 0 Å². The third-order valence-corrected chi connectivity index (χ3v) is 5.44. The summed E-state index contributed by atoms with van der Waals surface area (Å²) in [7, 11) is 0. The van der Waals surface area contributed by atoms with E-state index >= 15 is 0 Å². The van der Waals surface area contributed by atoms with Gasteiger partial charge in [0, 0.05) is 19.7 Å². The number of carbonyl (C=O) groups excluding carboxylic acids is 1. The van der Waals surface area contributed by atoms with Crippen LogP contribution in [0.25, 0.3) is 0 Å². The second kappa shape index (κ2) is 6.54. The molecule has 2 heterocycles. The molecule has 124 valence electrons. The lowest BCUT2D eigenvalue weighted by Crippen LogP contribution is -2.37. The lowest BCUT2D eigenvalue weighted by molar-refractivity contribution is -0.149. The first kappa shape index (κ1) is 15.7. The number of carboxylic acids is 1. The van der Waals surface area contributed by atoms with Crippen molar-refractivity contribution in [3.8, 4) is 0 Å². The highest BCUT2D eigenvalue weighted by atomic mass is 16.5. The molecule has 3 aliphatic rings. The van der Waals surface area contributed by atoms with Crippen molar-refractivity contribution in [1.82, 2.24) is 4.90 Å². The normalized spacial score (nSPS) is 34.1. The molecule has 1 saturated carbocycles. The van der Waals surface area contributed by atoms with E-state index in [-0.39, 0.29) is 17.9 Å². The van der Waals surface area contributed by atoms with E-state index in [0.29, 0.717) is 39.1 Å². The molecule has 0 aromatic rings. The van der Waals surface area contributed by atoms with Gasteiger partial charge in [-0.3, -0.25) is 9.59 Å². The van der Waals surface area contributed by atoms with Crippen LogP contribution in [-0.4, -0.2) is 60.9 Å². The van der Waals surface area contributed by atoms with Crippen molar-refractivity contribution in [2.75, 3.05) is 32.9 Å². The van der Waals surface area contributed by atoms with E-state index in [0.717, 1.165) is 32.3 Å². The Balaban J connectivity index is 1.42. The molecule has 0 aromatic carbocycles.